The number of piperidine rings is 2. The predicted molar refractivity (Wildman–Crippen MR) is 121 cm³/mol. The number of nitrogens with one attached hydrogen (secondary N) is 1. The van der Waals surface area contributed by atoms with Gasteiger partial charge in [0.05, 0.1) is 11.0 Å². The Labute approximate surface area is 179 Å². The van der Waals surface area contributed by atoms with Crippen LogP contribution in [0.1, 0.15) is 44.9 Å². The van der Waals surface area contributed by atoms with E-state index < -0.39 is 0 Å². The topological polar surface area (TPSA) is 53.4 Å². The van der Waals surface area contributed by atoms with E-state index in [0.29, 0.717) is 0 Å². The molecule has 3 fully saturated rings. The zero-order chi connectivity index (χ0) is 20.3. The van der Waals surface area contributed by atoms with Crippen molar-refractivity contribution in [3.8, 4) is 0 Å². The van der Waals surface area contributed by atoms with E-state index in [1.807, 2.05) is 0 Å². The van der Waals surface area contributed by atoms with Crippen LogP contribution in [0.5, 0.6) is 0 Å². The molecule has 2 aromatic rings. The van der Waals surface area contributed by atoms with E-state index in [2.05, 4.69) is 43.9 Å². The van der Waals surface area contributed by atoms with Crippen molar-refractivity contribution in [1.82, 2.24) is 19.8 Å². The smallest absolute Gasteiger partial charge is 0.223 e. The summed E-state index contributed by atoms with van der Waals surface area (Å²) >= 11 is 0. The van der Waals surface area contributed by atoms with Gasteiger partial charge in [0.2, 0.25) is 11.9 Å². The third kappa shape index (κ3) is 4.48. The molecule has 162 valence electrons. The quantitative estimate of drug-likeness (QED) is 0.763. The summed E-state index contributed by atoms with van der Waals surface area (Å²) in [4.78, 5) is 22.5. The summed E-state index contributed by atoms with van der Waals surface area (Å²) in [5, 5.41) is 3.17. The van der Waals surface area contributed by atoms with Crippen molar-refractivity contribution in [2.24, 2.45) is 11.8 Å². The molecular formula is C24H35N5O. The van der Waals surface area contributed by atoms with Crippen molar-refractivity contribution in [1.29, 1.82) is 0 Å². The molecule has 3 aliphatic rings. The van der Waals surface area contributed by atoms with Crippen molar-refractivity contribution in [2.45, 2.75) is 51.5 Å². The summed E-state index contributed by atoms with van der Waals surface area (Å²) in [6, 6.07) is 8.50. The summed E-state index contributed by atoms with van der Waals surface area (Å²) < 4.78 is 2.41. The third-order valence-electron chi connectivity index (χ3n) is 7.13. The normalized spacial score (nSPS) is 21.3. The minimum Gasteiger partial charge on any atom is -0.356 e. The molecule has 6 heteroatoms. The average molecular weight is 410 g/mol. The van der Waals surface area contributed by atoms with Gasteiger partial charge in [-0.15, -0.1) is 0 Å². The van der Waals surface area contributed by atoms with E-state index in [0.717, 1.165) is 62.9 Å². The molecule has 30 heavy (non-hydrogen) atoms. The highest BCUT2D eigenvalue weighted by atomic mass is 16.1. The molecule has 0 atom stereocenters. The van der Waals surface area contributed by atoms with Crippen molar-refractivity contribution in [3.63, 3.8) is 0 Å². The number of fused-ring (bicyclic) bond motifs is 1. The van der Waals surface area contributed by atoms with Crippen LogP contribution < -0.4 is 10.2 Å². The number of hydrogen-bond acceptors (Lipinski definition) is 4. The van der Waals surface area contributed by atoms with Gasteiger partial charge >= 0.3 is 0 Å². The number of amides is 1. The Balaban J connectivity index is 1.26. The second kappa shape index (κ2) is 8.96. The van der Waals surface area contributed by atoms with Crippen LogP contribution in [0.25, 0.3) is 11.0 Å². The first-order valence-corrected chi connectivity index (χ1v) is 12.0. The van der Waals surface area contributed by atoms with E-state index in [4.69, 9.17) is 4.98 Å². The largest absolute Gasteiger partial charge is 0.356 e. The van der Waals surface area contributed by atoms with Gasteiger partial charge in [-0.1, -0.05) is 18.6 Å². The number of nitrogens with zero attached hydrogens (tertiary/aromatic N) is 4. The molecule has 6 nitrogen and oxygen atoms in total. The number of imidazole rings is 1. The summed E-state index contributed by atoms with van der Waals surface area (Å²) in [6.07, 6.45) is 8.44. The lowest BCUT2D eigenvalue weighted by Gasteiger charge is -2.33. The fourth-order valence-electron chi connectivity index (χ4n) is 5.00. The summed E-state index contributed by atoms with van der Waals surface area (Å²) in [7, 11) is 0. The fraction of sp³-hybridized carbons (Fsp3) is 0.667. The number of carbonyl (C=O) groups excluding carboxylic acids is 1. The lowest BCUT2D eigenvalue weighted by Crippen LogP contribution is -2.42. The van der Waals surface area contributed by atoms with Crippen LogP contribution >= 0.6 is 0 Å². The minimum atomic E-state index is 0.158. The maximum absolute atomic E-state index is 12.5. The molecule has 0 unspecified atom stereocenters. The highest BCUT2D eigenvalue weighted by Crippen LogP contribution is 2.29. The van der Waals surface area contributed by atoms with Crippen LogP contribution in [0.3, 0.4) is 0 Å². The van der Waals surface area contributed by atoms with Gasteiger partial charge < -0.3 is 19.7 Å². The first-order chi connectivity index (χ1) is 14.8. The highest BCUT2D eigenvalue weighted by Gasteiger charge is 2.29. The number of aromatic nitrogens is 2. The van der Waals surface area contributed by atoms with E-state index in [9.17, 15) is 4.79 Å². The van der Waals surface area contributed by atoms with Gasteiger partial charge in [-0.25, -0.2) is 4.98 Å². The first-order valence-electron chi connectivity index (χ1n) is 12.0. The fourth-order valence-corrected chi connectivity index (χ4v) is 5.00. The molecule has 1 N–H and O–H groups in total. The molecule has 1 saturated carbocycles. The van der Waals surface area contributed by atoms with Gasteiger partial charge in [0.1, 0.15) is 0 Å². The second-order valence-electron chi connectivity index (χ2n) is 9.40. The Kier molecular flexibility index (Phi) is 5.93. The SMILES string of the molecule is O=C(NCC1CC1)C1CCN(c2nc3ccccc3n2CCN2CCCCC2)CC1. The molecule has 5 rings (SSSR count). The highest BCUT2D eigenvalue weighted by molar-refractivity contribution is 5.80. The maximum Gasteiger partial charge on any atom is 0.223 e. The first kappa shape index (κ1) is 19.9. The molecule has 1 aliphatic carbocycles. The molecule has 0 spiro atoms. The predicted octanol–water partition coefficient (Wildman–Crippen LogP) is 3.26. The van der Waals surface area contributed by atoms with Gasteiger partial charge in [0.15, 0.2) is 0 Å². The molecule has 2 aliphatic heterocycles. The Bertz CT molecular complexity index is 860. The Morgan fingerprint density at radius 3 is 2.50 bits per heavy atom. The second-order valence-corrected chi connectivity index (χ2v) is 9.40. The van der Waals surface area contributed by atoms with Crippen LogP contribution in [0, 0.1) is 11.8 Å². The Morgan fingerprint density at radius 2 is 1.73 bits per heavy atom. The number of benzene rings is 1. The van der Waals surface area contributed by atoms with Crippen molar-refractivity contribution >= 4 is 22.9 Å². The summed E-state index contributed by atoms with van der Waals surface area (Å²) in [5.41, 5.74) is 2.31. The third-order valence-corrected chi connectivity index (χ3v) is 7.13. The van der Waals surface area contributed by atoms with E-state index >= 15 is 0 Å². The van der Waals surface area contributed by atoms with Crippen LogP contribution in [-0.2, 0) is 11.3 Å². The monoisotopic (exact) mass is 409 g/mol. The zero-order valence-corrected chi connectivity index (χ0v) is 18.1. The van der Waals surface area contributed by atoms with Gasteiger partial charge in [-0.2, -0.15) is 0 Å². The molecule has 0 radical (unpaired) electrons. The standard InChI is InChI=1S/C24H35N5O/c30-23(25-18-19-8-9-19)20-10-14-28(15-11-20)24-26-21-6-2-3-7-22(21)29(24)17-16-27-12-4-1-5-13-27/h2-3,6-7,19-20H,1,4-5,8-18H2,(H,25,30). The Morgan fingerprint density at radius 1 is 0.967 bits per heavy atom. The van der Waals surface area contributed by atoms with Crippen molar-refractivity contribution in [3.05, 3.63) is 24.3 Å². The summed E-state index contributed by atoms with van der Waals surface area (Å²) in [6.45, 7) is 7.23. The van der Waals surface area contributed by atoms with E-state index in [1.54, 1.807) is 0 Å². The number of carbonyl (C=O) groups is 1. The summed E-state index contributed by atoms with van der Waals surface area (Å²) in [5.74, 6) is 2.25. The molecule has 1 aromatic carbocycles. The lowest BCUT2D eigenvalue weighted by molar-refractivity contribution is -0.125. The minimum absolute atomic E-state index is 0.158. The van der Waals surface area contributed by atoms with Gasteiger partial charge in [-0.05, 0) is 69.7 Å². The van der Waals surface area contributed by atoms with Crippen molar-refractivity contribution < 1.29 is 4.79 Å². The number of para-hydroxylation sites is 2. The van der Waals surface area contributed by atoms with E-state index in [1.165, 1.54) is 50.7 Å². The van der Waals surface area contributed by atoms with Crippen LogP contribution in [0.2, 0.25) is 0 Å². The van der Waals surface area contributed by atoms with Crippen molar-refractivity contribution in [2.75, 3.05) is 44.2 Å². The zero-order valence-electron chi connectivity index (χ0n) is 18.1. The molecule has 1 aromatic heterocycles. The maximum atomic E-state index is 12.5. The molecule has 0 bridgehead atoms. The molecule has 2 saturated heterocycles. The van der Waals surface area contributed by atoms with Gasteiger partial charge in [0.25, 0.3) is 0 Å². The van der Waals surface area contributed by atoms with Gasteiger partial charge in [-0.3, -0.25) is 4.79 Å². The van der Waals surface area contributed by atoms with E-state index in [-0.39, 0.29) is 11.8 Å². The van der Waals surface area contributed by atoms with Gasteiger partial charge in [0, 0.05) is 38.6 Å². The number of anilines is 1. The number of likely N-dealkylation sites (tertiary alicyclic amines) is 1. The van der Waals surface area contributed by atoms with Crippen LogP contribution in [0.15, 0.2) is 24.3 Å². The molecule has 1 amide bonds. The Hall–Kier alpha value is -2.08. The molecular weight excluding hydrogens is 374 g/mol. The van der Waals surface area contributed by atoms with Crippen LogP contribution in [0.4, 0.5) is 5.95 Å². The lowest BCUT2D eigenvalue weighted by atomic mass is 9.96. The number of rotatable bonds is 7. The number of hydrogen-bond donors (Lipinski definition) is 1. The van der Waals surface area contributed by atoms with Crippen LogP contribution in [-0.4, -0.2) is 59.6 Å². The average Bonchev–Trinajstić information content (AvgIpc) is 3.56. The molecule has 3 heterocycles.